The maximum Gasteiger partial charge on any atom is 0.265 e. The molecule has 0 bridgehead atoms. The van der Waals surface area contributed by atoms with E-state index >= 15 is 0 Å². The van der Waals surface area contributed by atoms with Crippen LogP contribution >= 0.6 is 0 Å². The van der Waals surface area contributed by atoms with Gasteiger partial charge in [-0.15, -0.1) is 0 Å². The highest BCUT2D eigenvalue weighted by Crippen LogP contribution is 2.22. The van der Waals surface area contributed by atoms with Gasteiger partial charge in [-0.3, -0.25) is 19.1 Å². The summed E-state index contributed by atoms with van der Waals surface area (Å²) in [6.07, 6.45) is 3.07. The van der Waals surface area contributed by atoms with Gasteiger partial charge in [0.25, 0.3) is 11.5 Å². The molecule has 8 heteroatoms. The van der Waals surface area contributed by atoms with Crippen LogP contribution in [-0.2, 0) is 17.8 Å². The third kappa shape index (κ3) is 3.36. The Hall–Kier alpha value is -3.00. The van der Waals surface area contributed by atoms with E-state index in [4.69, 9.17) is 9.15 Å². The van der Waals surface area contributed by atoms with Crippen LogP contribution in [0.25, 0.3) is 11.1 Å². The number of rotatable bonds is 6. The zero-order valence-corrected chi connectivity index (χ0v) is 14.9. The Morgan fingerprint density at radius 2 is 2.15 bits per heavy atom. The van der Waals surface area contributed by atoms with Gasteiger partial charge >= 0.3 is 0 Å². The minimum absolute atomic E-state index is 0.163. The van der Waals surface area contributed by atoms with Gasteiger partial charge in [-0.2, -0.15) is 0 Å². The number of amides is 1. The van der Waals surface area contributed by atoms with Crippen LogP contribution in [0.4, 0.5) is 0 Å². The van der Waals surface area contributed by atoms with Crippen molar-refractivity contribution in [1.29, 1.82) is 0 Å². The van der Waals surface area contributed by atoms with Crippen LogP contribution in [0.1, 0.15) is 21.8 Å². The van der Waals surface area contributed by atoms with E-state index in [1.807, 2.05) is 18.2 Å². The summed E-state index contributed by atoms with van der Waals surface area (Å²) in [6, 6.07) is 5.51. The average molecular weight is 356 g/mol. The van der Waals surface area contributed by atoms with Crippen molar-refractivity contribution in [3.8, 4) is 0 Å². The van der Waals surface area contributed by atoms with Crippen LogP contribution in [0, 0.1) is 6.92 Å². The molecule has 8 nitrogen and oxygen atoms in total. The normalized spacial score (nSPS) is 11.0. The number of carbonyl (C=O) groups is 1. The summed E-state index contributed by atoms with van der Waals surface area (Å²) < 4.78 is 12.0. The summed E-state index contributed by atoms with van der Waals surface area (Å²) in [5.74, 6) is 0.0576. The molecule has 3 aromatic rings. The first-order valence-electron chi connectivity index (χ1n) is 8.15. The minimum atomic E-state index is -0.321. The molecule has 0 spiro atoms. The molecule has 0 N–H and O–H groups in total. The fraction of sp³-hybridized carbons (Fsp3) is 0.333. The lowest BCUT2D eigenvalue weighted by Gasteiger charge is -2.16. The number of hydrogen-bond acceptors (Lipinski definition) is 6. The van der Waals surface area contributed by atoms with Gasteiger partial charge in [-0.05, 0) is 19.1 Å². The standard InChI is InChI=1S/C18H20N4O4/c1-12-14(17(23)21(2)10-13-6-4-5-7-19-13)15-16(26-12)20-11-22(18(15)24)8-9-25-3/h4-7,11H,8-10H2,1-3H3. The lowest BCUT2D eigenvalue weighted by atomic mass is 10.1. The van der Waals surface area contributed by atoms with Gasteiger partial charge in [0.15, 0.2) is 0 Å². The topological polar surface area (TPSA) is 90.5 Å². The zero-order chi connectivity index (χ0) is 18.7. The smallest absolute Gasteiger partial charge is 0.265 e. The molecule has 1 amide bonds. The summed E-state index contributed by atoms with van der Waals surface area (Å²) in [7, 11) is 3.22. The Labute approximate surface area is 150 Å². The number of fused-ring (bicyclic) bond motifs is 1. The van der Waals surface area contributed by atoms with Crippen LogP contribution < -0.4 is 5.56 Å². The molecule has 0 atom stereocenters. The molecule has 0 radical (unpaired) electrons. The third-order valence-corrected chi connectivity index (χ3v) is 4.08. The Morgan fingerprint density at radius 1 is 1.35 bits per heavy atom. The van der Waals surface area contributed by atoms with E-state index in [2.05, 4.69) is 9.97 Å². The van der Waals surface area contributed by atoms with Crippen LogP contribution in [0.15, 0.2) is 39.9 Å². The van der Waals surface area contributed by atoms with E-state index in [0.29, 0.717) is 25.5 Å². The molecular formula is C18H20N4O4. The predicted molar refractivity (Wildman–Crippen MR) is 94.9 cm³/mol. The van der Waals surface area contributed by atoms with E-state index in [1.165, 1.54) is 15.8 Å². The maximum absolute atomic E-state index is 13.0. The largest absolute Gasteiger partial charge is 0.442 e. The number of methoxy groups -OCH3 is 1. The minimum Gasteiger partial charge on any atom is -0.442 e. The highest BCUT2D eigenvalue weighted by Gasteiger charge is 2.25. The van der Waals surface area contributed by atoms with Gasteiger partial charge in [0, 0.05) is 20.4 Å². The number of furan rings is 1. The second-order valence-corrected chi connectivity index (χ2v) is 5.93. The molecule has 0 unspecified atom stereocenters. The van der Waals surface area contributed by atoms with Crippen molar-refractivity contribution in [1.82, 2.24) is 19.4 Å². The molecular weight excluding hydrogens is 336 g/mol. The molecule has 3 heterocycles. The van der Waals surface area contributed by atoms with E-state index in [9.17, 15) is 9.59 Å². The first-order valence-corrected chi connectivity index (χ1v) is 8.15. The molecule has 0 aliphatic carbocycles. The van der Waals surface area contributed by atoms with Gasteiger partial charge in [-0.1, -0.05) is 6.07 Å². The summed E-state index contributed by atoms with van der Waals surface area (Å²) in [5.41, 5.74) is 0.835. The zero-order valence-electron chi connectivity index (χ0n) is 14.9. The van der Waals surface area contributed by atoms with Crippen molar-refractivity contribution in [2.75, 3.05) is 20.8 Å². The molecule has 0 aromatic carbocycles. The van der Waals surface area contributed by atoms with Crippen LogP contribution in [0.2, 0.25) is 0 Å². The van der Waals surface area contributed by atoms with E-state index in [1.54, 1.807) is 27.3 Å². The number of hydrogen-bond donors (Lipinski definition) is 0. The second kappa shape index (κ2) is 7.49. The average Bonchev–Trinajstić information content (AvgIpc) is 2.98. The summed E-state index contributed by atoms with van der Waals surface area (Å²) in [6.45, 7) is 2.69. The van der Waals surface area contributed by atoms with Crippen molar-refractivity contribution >= 4 is 17.0 Å². The number of carbonyl (C=O) groups excluding carboxylic acids is 1. The Balaban J connectivity index is 1.99. The van der Waals surface area contributed by atoms with E-state index in [0.717, 1.165) is 5.69 Å². The van der Waals surface area contributed by atoms with Crippen molar-refractivity contribution in [2.24, 2.45) is 0 Å². The van der Waals surface area contributed by atoms with E-state index in [-0.39, 0.29) is 28.1 Å². The Bertz CT molecular complexity index is 978. The fourth-order valence-electron chi connectivity index (χ4n) is 2.74. The molecule has 136 valence electrons. The predicted octanol–water partition coefficient (Wildman–Crippen LogP) is 1.61. The fourth-order valence-corrected chi connectivity index (χ4v) is 2.74. The second-order valence-electron chi connectivity index (χ2n) is 5.93. The van der Waals surface area contributed by atoms with Crippen molar-refractivity contribution in [2.45, 2.75) is 20.0 Å². The number of aromatic nitrogens is 3. The molecule has 26 heavy (non-hydrogen) atoms. The third-order valence-electron chi connectivity index (χ3n) is 4.08. The molecule has 0 fully saturated rings. The van der Waals surface area contributed by atoms with Crippen LogP contribution in [0.3, 0.4) is 0 Å². The van der Waals surface area contributed by atoms with Crippen molar-refractivity contribution in [3.63, 3.8) is 0 Å². The molecule has 3 aromatic heterocycles. The number of aryl methyl sites for hydroxylation is 1. The maximum atomic E-state index is 13.0. The van der Waals surface area contributed by atoms with Crippen molar-refractivity contribution in [3.05, 3.63) is 58.1 Å². The van der Waals surface area contributed by atoms with Crippen LogP contribution in [-0.4, -0.2) is 46.1 Å². The molecule has 0 aliphatic rings. The lowest BCUT2D eigenvalue weighted by Crippen LogP contribution is -2.29. The Morgan fingerprint density at radius 3 is 2.85 bits per heavy atom. The highest BCUT2D eigenvalue weighted by molar-refractivity contribution is 6.06. The molecule has 3 rings (SSSR count). The monoisotopic (exact) mass is 356 g/mol. The first kappa shape index (κ1) is 17.8. The molecule has 0 saturated carbocycles. The molecule has 0 saturated heterocycles. The first-order chi connectivity index (χ1) is 12.5. The van der Waals surface area contributed by atoms with Gasteiger partial charge in [0.1, 0.15) is 17.5 Å². The lowest BCUT2D eigenvalue weighted by molar-refractivity contribution is 0.0783. The van der Waals surface area contributed by atoms with Gasteiger partial charge in [0.05, 0.1) is 31.0 Å². The van der Waals surface area contributed by atoms with E-state index < -0.39 is 0 Å². The van der Waals surface area contributed by atoms with Gasteiger partial charge in [0.2, 0.25) is 5.71 Å². The van der Waals surface area contributed by atoms with Gasteiger partial charge in [-0.25, -0.2) is 4.98 Å². The summed E-state index contributed by atoms with van der Waals surface area (Å²) in [5, 5.41) is 0.193. The highest BCUT2D eigenvalue weighted by atomic mass is 16.5. The molecule has 0 aliphatic heterocycles. The number of pyridine rings is 1. The van der Waals surface area contributed by atoms with Gasteiger partial charge < -0.3 is 14.1 Å². The Kier molecular flexibility index (Phi) is 5.13. The summed E-state index contributed by atoms with van der Waals surface area (Å²) >= 11 is 0. The quantitative estimate of drug-likeness (QED) is 0.666. The SMILES string of the molecule is COCCn1cnc2oc(C)c(C(=O)N(C)Cc3ccccn3)c2c1=O. The van der Waals surface area contributed by atoms with Crippen LogP contribution in [0.5, 0.6) is 0 Å². The number of ether oxygens (including phenoxy) is 1. The van der Waals surface area contributed by atoms with Crippen molar-refractivity contribution < 1.29 is 13.9 Å². The summed E-state index contributed by atoms with van der Waals surface area (Å²) in [4.78, 5) is 35.6. The number of nitrogens with zero attached hydrogens (tertiary/aromatic N) is 4.